The first-order valence-corrected chi connectivity index (χ1v) is 13.1. The second-order valence-electron chi connectivity index (χ2n) is 9.13. The van der Waals surface area contributed by atoms with Crippen LogP contribution < -0.4 is 21.1 Å². The Morgan fingerprint density at radius 3 is 2.42 bits per heavy atom. The Hall–Kier alpha value is -3.59. The Morgan fingerprint density at radius 1 is 1.00 bits per heavy atom. The number of nitrogens with zero attached hydrogens (tertiary/aromatic N) is 1. The molecule has 200 valence electrons. The number of hydrogen-bond acceptors (Lipinski definition) is 6. The first-order valence-electron chi connectivity index (χ1n) is 12.7. The first kappa shape index (κ1) is 27.4. The highest BCUT2D eigenvalue weighted by Crippen LogP contribution is 2.31. The van der Waals surface area contributed by atoms with Gasteiger partial charge in [0, 0.05) is 49.8 Å². The molecule has 4 N–H and O–H groups in total. The van der Waals surface area contributed by atoms with Gasteiger partial charge in [0.05, 0.1) is 23.5 Å². The van der Waals surface area contributed by atoms with Crippen LogP contribution in [0.3, 0.4) is 0 Å². The molecule has 38 heavy (non-hydrogen) atoms. The molecular formula is C29H33ClN4O4. The Bertz CT molecular complexity index is 1250. The average Bonchev–Trinajstić information content (AvgIpc) is 2.94. The SMILES string of the molecule is COc1cc(NC(=O)CCN2CCC(OC(=O)Nc3ccccc3-c3ccccc3)CC2)c(Cl)cc1CN. The molecule has 9 heteroatoms. The van der Waals surface area contributed by atoms with Crippen LogP contribution in [0.25, 0.3) is 11.1 Å². The van der Waals surface area contributed by atoms with Crippen molar-refractivity contribution >= 4 is 35.0 Å². The molecule has 0 radical (unpaired) electrons. The summed E-state index contributed by atoms with van der Waals surface area (Å²) in [6.07, 6.45) is 1.10. The van der Waals surface area contributed by atoms with Gasteiger partial charge in [-0.2, -0.15) is 0 Å². The van der Waals surface area contributed by atoms with Gasteiger partial charge in [-0.3, -0.25) is 10.1 Å². The van der Waals surface area contributed by atoms with Crippen LogP contribution in [0.4, 0.5) is 16.2 Å². The van der Waals surface area contributed by atoms with Crippen molar-refractivity contribution in [2.45, 2.75) is 31.9 Å². The number of ether oxygens (including phenoxy) is 2. The number of benzene rings is 3. The van der Waals surface area contributed by atoms with Gasteiger partial charge in [-0.1, -0.05) is 60.1 Å². The number of carbonyl (C=O) groups excluding carboxylic acids is 2. The zero-order valence-corrected chi connectivity index (χ0v) is 22.2. The molecular weight excluding hydrogens is 504 g/mol. The van der Waals surface area contributed by atoms with Gasteiger partial charge in [-0.15, -0.1) is 0 Å². The second-order valence-corrected chi connectivity index (χ2v) is 9.54. The summed E-state index contributed by atoms with van der Waals surface area (Å²) in [7, 11) is 1.55. The smallest absolute Gasteiger partial charge is 0.411 e. The van der Waals surface area contributed by atoms with E-state index < -0.39 is 6.09 Å². The quantitative estimate of drug-likeness (QED) is 0.333. The fourth-order valence-corrected chi connectivity index (χ4v) is 4.75. The predicted molar refractivity (Wildman–Crippen MR) is 151 cm³/mol. The van der Waals surface area contributed by atoms with Crippen LogP contribution in [0.2, 0.25) is 5.02 Å². The number of nitrogens with one attached hydrogen (secondary N) is 2. The van der Waals surface area contributed by atoms with Gasteiger partial charge in [0.25, 0.3) is 0 Å². The fraction of sp³-hybridized carbons (Fsp3) is 0.310. The van der Waals surface area contributed by atoms with Gasteiger partial charge in [-0.25, -0.2) is 4.79 Å². The summed E-state index contributed by atoms with van der Waals surface area (Å²) in [5, 5.41) is 6.17. The van der Waals surface area contributed by atoms with E-state index in [9.17, 15) is 9.59 Å². The van der Waals surface area contributed by atoms with Crippen molar-refractivity contribution in [2.75, 3.05) is 37.4 Å². The zero-order valence-electron chi connectivity index (χ0n) is 21.4. The fourth-order valence-electron chi connectivity index (χ4n) is 4.52. The molecule has 3 aromatic carbocycles. The summed E-state index contributed by atoms with van der Waals surface area (Å²) in [4.78, 5) is 27.4. The zero-order chi connectivity index (χ0) is 26.9. The van der Waals surface area contributed by atoms with Gasteiger partial charge < -0.3 is 25.4 Å². The number of rotatable bonds is 9. The molecule has 0 aliphatic carbocycles. The van der Waals surface area contributed by atoms with E-state index in [-0.39, 0.29) is 12.0 Å². The maximum absolute atomic E-state index is 12.6. The normalized spacial score (nSPS) is 14.1. The van der Waals surface area contributed by atoms with Crippen molar-refractivity contribution < 1.29 is 19.1 Å². The molecule has 0 spiro atoms. The van der Waals surface area contributed by atoms with E-state index in [2.05, 4.69) is 15.5 Å². The van der Waals surface area contributed by atoms with Crippen molar-refractivity contribution in [1.82, 2.24) is 4.90 Å². The van der Waals surface area contributed by atoms with Gasteiger partial charge in [0.2, 0.25) is 5.91 Å². The van der Waals surface area contributed by atoms with Gasteiger partial charge in [0.15, 0.2) is 0 Å². The summed E-state index contributed by atoms with van der Waals surface area (Å²) in [6, 6.07) is 21.0. The van der Waals surface area contributed by atoms with Crippen LogP contribution >= 0.6 is 11.6 Å². The van der Waals surface area contributed by atoms with Crippen LogP contribution in [0.15, 0.2) is 66.7 Å². The number of para-hydroxylation sites is 1. The largest absolute Gasteiger partial charge is 0.496 e. The number of carbonyl (C=O) groups is 2. The number of anilines is 2. The number of piperidine rings is 1. The molecule has 0 unspecified atom stereocenters. The standard InChI is InChI=1S/C29H33ClN4O4/c1-37-27-18-26(24(30)17-21(27)19-31)32-28(35)13-16-34-14-11-22(12-15-34)38-29(36)33-25-10-6-5-9-23(25)20-7-3-2-4-8-20/h2-10,17-18,22H,11-16,19,31H2,1H3,(H,32,35)(H,33,36). The minimum absolute atomic E-state index is 0.135. The topological polar surface area (TPSA) is 106 Å². The molecule has 1 aliphatic heterocycles. The van der Waals surface area contributed by atoms with Crippen molar-refractivity contribution in [3.63, 3.8) is 0 Å². The summed E-state index contributed by atoms with van der Waals surface area (Å²) in [6.45, 7) is 2.38. The second kappa shape index (κ2) is 13.3. The van der Waals surface area contributed by atoms with E-state index in [0.29, 0.717) is 54.5 Å². The van der Waals surface area contributed by atoms with Crippen molar-refractivity contribution in [3.05, 3.63) is 77.3 Å². The van der Waals surface area contributed by atoms with E-state index in [1.54, 1.807) is 19.2 Å². The van der Waals surface area contributed by atoms with Gasteiger partial charge in [0.1, 0.15) is 11.9 Å². The lowest BCUT2D eigenvalue weighted by Crippen LogP contribution is -2.39. The molecule has 0 atom stereocenters. The number of nitrogens with two attached hydrogens (primary N) is 1. The Balaban J connectivity index is 1.21. The molecule has 1 fully saturated rings. The first-order chi connectivity index (χ1) is 18.5. The molecule has 1 saturated heterocycles. The number of methoxy groups -OCH3 is 1. The highest BCUT2D eigenvalue weighted by Gasteiger charge is 2.23. The maximum atomic E-state index is 12.6. The van der Waals surface area contributed by atoms with Crippen LogP contribution in [0.5, 0.6) is 5.75 Å². The monoisotopic (exact) mass is 536 g/mol. The van der Waals surface area contributed by atoms with Gasteiger partial charge in [-0.05, 0) is 30.5 Å². The lowest BCUT2D eigenvalue weighted by molar-refractivity contribution is -0.116. The molecule has 0 aromatic heterocycles. The van der Waals surface area contributed by atoms with Crippen molar-refractivity contribution in [3.8, 4) is 16.9 Å². The minimum atomic E-state index is -0.459. The third-order valence-corrected chi connectivity index (χ3v) is 6.89. The van der Waals surface area contributed by atoms with Crippen LogP contribution in [0.1, 0.15) is 24.8 Å². The lowest BCUT2D eigenvalue weighted by atomic mass is 10.0. The van der Waals surface area contributed by atoms with E-state index in [4.69, 9.17) is 26.8 Å². The Morgan fingerprint density at radius 2 is 1.71 bits per heavy atom. The number of likely N-dealkylation sites (tertiary alicyclic amines) is 1. The van der Waals surface area contributed by atoms with Crippen LogP contribution in [0, 0.1) is 0 Å². The number of halogens is 1. The molecule has 3 aromatic rings. The summed E-state index contributed by atoms with van der Waals surface area (Å²) in [5.74, 6) is 0.450. The molecule has 0 bridgehead atoms. The average molecular weight is 537 g/mol. The molecule has 0 saturated carbocycles. The molecule has 8 nitrogen and oxygen atoms in total. The summed E-state index contributed by atoms with van der Waals surface area (Å²) >= 11 is 6.30. The highest BCUT2D eigenvalue weighted by molar-refractivity contribution is 6.33. The van der Waals surface area contributed by atoms with E-state index in [1.165, 1.54) is 0 Å². The third-order valence-electron chi connectivity index (χ3n) is 6.58. The predicted octanol–water partition coefficient (Wildman–Crippen LogP) is 5.52. The van der Waals surface area contributed by atoms with Crippen molar-refractivity contribution in [1.29, 1.82) is 0 Å². The molecule has 1 heterocycles. The number of hydrogen-bond donors (Lipinski definition) is 3. The Labute approximate surface area is 228 Å². The molecule has 4 rings (SSSR count). The van der Waals surface area contributed by atoms with E-state index in [1.807, 2.05) is 54.6 Å². The summed E-state index contributed by atoms with van der Waals surface area (Å²) < 4.78 is 11.0. The van der Waals surface area contributed by atoms with E-state index in [0.717, 1.165) is 29.8 Å². The lowest BCUT2D eigenvalue weighted by Gasteiger charge is -2.31. The van der Waals surface area contributed by atoms with E-state index >= 15 is 0 Å². The van der Waals surface area contributed by atoms with Crippen LogP contribution in [-0.2, 0) is 16.1 Å². The third kappa shape index (κ3) is 7.25. The number of amides is 2. The minimum Gasteiger partial charge on any atom is -0.496 e. The highest BCUT2D eigenvalue weighted by atomic mass is 35.5. The summed E-state index contributed by atoms with van der Waals surface area (Å²) in [5.41, 5.74) is 9.66. The molecule has 1 aliphatic rings. The van der Waals surface area contributed by atoms with Crippen LogP contribution in [-0.4, -0.2) is 49.7 Å². The Kier molecular flexibility index (Phi) is 9.59. The van der Waals surface area contributed by atoms with Crippen molar-refractivity contribution in [2.24, 2.45) is 5.73 Å². The maximum Gasteiger partial charge on any atom is 0.411 e. The molecule has 2 amide bonds. The van der Waals surface area contributed by atoms with Gasteiger partial charge >= 0.3 is 6.09 Å².